The second kappa shape index (κ2) is 16.0. The van der Waals surface area contributed by atoms with Crippen molar-refractivity contribution in [2.24, 2.45) is 5.92 Å². The second-order valence-corrected chi connectivity index (χ2v) is 26.1. The van der Waals surface area contributed by atoms with Crippen LogP contribution in [0.5, 0.6) is 0 Å². The van der Waals surface area contributed by atoms with Crippen molar-refractivity contribution in [1.29, 1.82) is 0 Å². The summed E-state index contributed by atoms with van der Waals surface area (Å²) < 4.78 is 7.63. The maximum Gasteiger partial charge on any atom is 0.121 e. The summed E-state index contributed by atoms with van der Waals surface area (Å²) in [6.07, 6.45) is 15.7. The number of fused-ring (bicyclic) bond motifs is 4. The molecule has 0 atom stereocenters. The number of furan rings is 1. The van der Waals surface area contributed by atoms with Gasteiger partial charge in [0.15, 0.2) is 0 Å². The Morgan fingerprint density at radius 1 is 0.712 bits per heavy atom. The molecule has 2 aliphatic carbocycles. The number of aryl methyl sites for hydroxylation is 2. The Hall–Kier alpha value is -3.83. The number of hydrogen-bond donors (Lipinski definition) is 0. The van der Waals surface area contributed by atoms with Crippen molar-refractivity contribution in [3.8, 4) is 33.6 Å². The van der Waals surface area contributed by atoms with E-state index in [0.717, 1.165) is 56.8 Å². The molecular weight excluding hydrogens is 873 g/mol. The summed E-state index contributed by atoms with van der Waals surface area (Å²) >= 11 is -1.75. The fourth-order valence-electron chi connectivity index (χ4n) is 7.88. The van der Waals surface area contributed by atoms with Gasteiger partial charge in [-0.2, -0.15) is 0 Å². The minimum Gasteiger partial charge on any atom is -0.500 e. The van der Waals surface area contributed by atoms with Gasteiger partial charge in [0.2, 0.25) is 0 Å². The van der Waals surface area contributed by atoms with Gasteiger partial charge in [0.05, 0.1) is 5.58 Å². The predicted molar refractivity (Wildman–Crippen MR) is 215 cm³/mol. The van der Waals surface area contributed by atoms with E-state index >= 15 is 0 Å². The number of hydrogen-bond acceptors (Lipinski definition) is 3. The predicted octanol–water partition coefficient (Wildman–Crippen LogP) is 11.8. The Morgan fingerprint density at radius 2 is 1.48 bits per heavy atom. The van der Waals surface area contributed by atoms with E-state index in [1.165, 1.54) is 83.6 Å². The number of benzene rings is 4. The molecular formula is C47H46GeIrN2O-2. The van der Waals surface area contributed by atoms with Gasteiger partial charge >= 0.3 is 125 Å². The standard InChI is InChI=1S/C29H24NO.C18H22GeN.Ir/c1-2-9-22(10-3-1)24-11-6-12-28-29(24)25-19-23(13-14-27(25)31-28)26-18-21(15-16-30-26)17-20-7-4-5-8-20;1-19(2,3)17-10-11-18(20-13-17)16-9-8-14-6-4-5-7-15(14)12-16;/h1-3,6,9-12,14-16,18-20H,4-5,7-8,17H2;8,10-13H,4-7H2,1-3H3;/q2*-1;. The molecule has 1 fully saturated rings. The van der Waals surface area contributed by atoms with Crippen LogP contribution in [0.3, 0.4) is 0 Å². The van der Waals surface area contributed by atoms with Crippen LogP contribution in [-0.4, -0.2) is 23.2 Å². The molecule has 9 rings (SSSR count). The maximum absolute atomic E-state index is 6.17. The topological polar surface area (TPSA) is 38.9 Å². The van der Waals surface area contributed by atoms with E-state index in [1.54, 1.807) is 0 Å². The Bertz CT molecular complexity index is 2280. The van der Waals surface area contributed by atoms with Gasteiger partial charge in [0.25, 0.3) is 0 Å². The Morgan fingerprint density at radius 3 is 2.25 bits per heavy atom. The van der Waals surface area contributed by atoms with E-state index in [1.807, 2.05) is 18.3 Å². The van der Waals surface area contributed by atoms with Crippen molar-refractivity contribution in [3.05, 3.63) is 138 Å². The summed E-state index contributed by atoms with van der Waals surface area (Å²) in [4.78, 5) is 9.35. The average molecular weight is 920 g/mol. The van der Waals surface area contributed by atoms with Crippen molar-refractivity contribution in [3.63, 3.8) is 0 Å². The fourth-order valence-corrected chi connectivity index (χ4v) is 10.1. The van der Waals surface area contributed by atoms with Crippen LogP contribution in [0.25, 0.3) is 55.6 Å². The van der Waals surface area contributed by atoms with Crippen LogP contribution in [0.15, 0.2) is 114 Å². The zero-order chi connectivity index (χ0) is 34.8. The average Bonchev–Trinajstić information content (AvgIpc) is 3.82. The molecule has 0 unspecified atom stereocenters. The third-order valence-corrected chi connectivity index (χ3v) is 15.0. The van der Waals surface area contributed by atoms with Crippen LogP contribution in [0.1, 0.15) is 55.2 Å². The van der Waals surface area contributed by atoms with E-state index in [0.29, 0.717) is 0 Å². The van der Waals surface area contributed by atoms with Crippen LogP contribution in [0.4, 0.5) is 0 Å². The summed E-state index contributed by atoms with van der Waals surface area (Å²) in [5.74, 6) is 8.04. The van der Waals surface area contributed by atoms with Gasteiger partial charge in [0.1, 0.15) is 5.58 Å². The van der Waals surface area contributed by atoms with E-state index < -0.39 is 13.3 Å². The van der Waals surface area contributed by atoms with Crippen LogP contribution in [-0.2, 0) is 39.4 Å². The molecule has 5 heteroatoms. The molecule has 0 bridgehead atoms. The molecule has 2 aliphatic rings. The van der Waals surface area contributed by atoms with Crippen molar-refractivity contribution in [2.45, 2.75) is 75.1 Å². The largest absolute Gasteiger partial charge is 0.500 e. The molecule has 4 aromatic carbocycles. The van der Waals surface area contributed by atoms with Crippen LogP contribution in [0, 0.1) is 18.1 Å². The molecule has 0 amide bonds. The van der Waals surface area contributed by atoms with Crippen molar-refractivity contribution in [1.82, 2.24) is 9.97 Å². The maximum atomic E-state index is 6.17. The van der Waals surface area contributed by atoms with E-state index in [4.69, 9.17) is 4.42 Å². The van der Waals surface area contributed by atoms with Crippen LogP contribution in [0.2, 0.25) is 17.3 Å². The third-order valence-electron chi connectivity index (χ3n) is 10.8. The third kappa shape index (κ3) is 8.05. The number of pyridine rings is 2. The van der Waals surface area contributed by atoms with E-state index in [-0.39, 0.29) is 20.1 Å². The smallest absolute Gasteiger partial charge is 0.121 e. The molecule has 7 aromatic rings. The Balaban J connectivity index is 0.000000174. The zero-order valence-electron chi connectivity index (χ0n) is 30.5. The first-order chi connectivity index (χ1) is 24.9. The van der Waals surface area contributed by atoms with Crippen molar-refractivity contribution < 1.29 is 24.5 Å². The molecule has 0 spiro atoms. The number of nitrogens with zero attached hydrogens (tertiary/aromatic N) is 2. The molecule has 265 valence electrons. The molecule has 0 saturated heterocycles. The first-order valence-electron chi connectivity index (χ1n) is 18.8. The molecule has 3 aromatic heterocycles. The van der Waals surface area contributed by atoms with Crippen molar-refractivity contribution in [2.75, 3.05) is 0 Å². The Labute approximate surface area is 325 Å². The van der Waals surface area contributed by atoms with Gasteiger partial charge in [0, 0.05) is 31.7 Å². The minimum atomic E-state index is -1.75. The van der Waals surface area contributed by atoms with Gasteiger partial charge in [-0.1, -0.05) is 85.2 Å². The fraction of sp³-hybridized carbons (Fsp3) is 0.277. The van der Waals surface area contributed by atoms with Gasteiger partial charge in [-0.15, -0.1) is 23.8 Å². The summed E-state index contributed by atoms with van der Waals surface area (Å²) in [5.41, 5.74) is 12.8. The Kier molecular flexibility index (Phi) is 11.3. The van der Waals surface area contributed by atoms with Gasteiger partial charge in [-0.05, 0) is 41.3 Å². The monoisotopic (exact) mass is 921 g/mol. The van der Waals surface area contributed by atoms with Crippen LogP contribution >= 0.6 is 0 Å². The SMILES string of the molecule is [CH3][Ge]([CH3])([CH3])[c]1ccc(-c2[c-]cc3c(c2)CCCC3)nc1.[Ir].[c-]1cc2oc3cccc(-c4ccccc4)c3c2cc1-c1cc(CC2CCCC2)ccn1. The summed E-state index contributed by atoms with van der Waals surface area (Å²) in [7, 11) is 0. The minimum absolute atomic E-state index is 0. The first kappa shape index (κ1) is 36.5. The molecule has 0 N–H and O–H groups in total. The first-order valence-corrected chi connectivity index (χ1v) is 26.1. The molecule has 3 nitrogen and oxygen atoms in total. The number of aromatic nitrogens is 2. The molecule has 1 saturated carbocycles. The van der Waals surface area contributed by atoms with E-state index in [9.17, 15) is 0 Å². The van der Waals surface area contributed by atoms with Gasteiger partial charge in [-0.25, -0.2) is 0 Å². The second-order valence-electron chi connectivity index (χ2n) is 15.5. The zero-order valence-corrected chi connectivity index (χ0v) is 35.0. The van der Waals surface area contributed by atoms with E-state index in [2.05, 4.69) is 130 Å². The summed E-state index contributed by atoms with van der Waals surface area (Å²) in [6, 6.07) is 41.1. The van der Waals surface area contributed by atoms with Gasteiger partial charge in [-0.3, -0.25) is 0 Å². The summed E-state index contributed by atoms with van der Waals surface area (Å²) in [5, 5.41) is 2.27. The van der Waals surface area contributed by atoms with Crippen molar-refractivity contribution >= 4 is 39.6 Å². The molecule has 3 heterocycles. The summed E-state index contributed by atoms with van der Waals surface area (Å²) in [6.45, 7) is 0. The van der Waals surface area contributed by atoms with Crippen LogP contribution < -0.4 is 4.40 Å². The van der Waals surface area contributed by atoms with Gasteiger partial charge < -0.3 is 9.40 Å². The normalized spacial score (nSPS) is 14.4. The quantitative estimate of drug-likeness (QED) is 0.123. The molecule has 52 heavy (non-hydrogen) atoms. The molecule has 0 aliphatic heterocycles. The molecule has 1 radical (unpaired) electrons. The number of rotatable bonds is 6.